The van der Waals surface area contributed by atoms with Crippen molar-refractivity contribution >= 4 is 33.8 Å². The third-order valence-corrected chi connectivity index (χ3v) is 5.39. The van der Waals surface area contributed by atoms with Crippen LogP contribution in [0.15, 0.2) is 24.3 Å². The van der Waals surface area contributed by atoms with E-state index in [9.17, 15) is 19.7 Å². The van der Waals surface area contributed by atoms with Gasteiger partial charge in [-0.05, 0) is 36.8 Å². The predicted molar refractivity (Wildman–Crippen MR) is 94.9 cm³/mol. The van der Waals surface area contributed by atoms with Gasteiger partial charge in [-0.25, -0.2) is 0 Å². The van der Waals surface area contributed by atoms with Crippen molar-refractivity contribution in [1.29, 1.82) is 0 Å². The van der Waals surface area contributed by atoms with Gasteiger partial charge in [0.25, 0.3) is 11.6 Å². The number of non-ortho nitro benzene ring substituents is 1. The van der Waals surface area contributed by atoms with Crippen molar-refractivity contribution in [3.63, 3.8) is 0 Å². The van der Waals surface area contributed by atoms with Crippen LogP contribution in [0, 0.1) is 10.1 Å². The number of nitro benzene ring substituents is 1. The van der Waals surface area contributed by atoms with Crippen molar-refractivity contribution in [3.05, 3.63) is 55.9 Å². The quantitative estimate of drug-likeness (QED) is 0.631. The molecule has 8 heteroatoms. The van der Waals surface area contributed by atoms with Gasteiger partial charge in [-0.2, -0.15) is 0 Å². The Morgan fingerprint density at radius 3 is 2.52 bits per heavy atom. The summed E-state index contributed by atoms with van der Waals surface area (Å²) < 4.78 is 0. The van der Waals surface area contributed by atoms with Crippen molar-refractivity contribution in [2.45, 2.75) is 32.1 Å². The molecule has 0 fully saturated rings. The van der Waals surface area contributed by atoms with E-state index in [1.807, 2.05) is 0 Å². The number of benzene rings is 1. The van der Waals surface area contributed by atoms with Crippen LogP contribution in [0.4, 0.5) is 10.7 Å². The highest BCUT2D eigenvalue weighted by Crippen LogP contribution is 2.37. The molecular formula is C17H17N3O4S. The van der Waals surface area contributed by atoms with Gasteiger partial charge in [0.05, 0.1) is 16.9 Å². The standard InChI is InChI=1S/C17H17N3O4S/c18-16(22)15-12-3-1-2-4-13(12)25-17(15)19-14(21)9-10-5-7-11(8-6-10)20(23)24/h5-8H,1-4,9H2,(H2,18,22)(H,19,21). The van der Waals surface area contributed by atoms with Gasteiger partial charge in [0.15, 0.2) is 0 Å². The number of carbonyl (C=O) groups is 2. The molecule has 7 nitrogen and oxygen atoms in total. The van der Waals surface area contributed by atoms with E-state index in [1.165, 1.54) is 23.5 Å². The normalized spacial score (nSPS) is 13.1. The SMILES string of the molecule is NC(=O)c1c(NC(=O)Cc2ccc([N+](=O)[O-])cc2)sc2c1CCCC2. The summed E-state index contributed by atoms with van der Waals surface area (Å²) in [4.78, 5) is 35.4. The number of hydrogen-bond donors (Lipinski definition) is 2. The zero-order valence-electron chi connectivity index (χ0n) is 13.4. The molecule has 0 spiro atoms. The van der Waals surface area contributed by atoms with E-state index in [1.54, 1.807) is 12.1 Å². The number of primary amides is 1. The molecule has 0 unspecified atom stereocenters. The average molecular weight is 359 g/mol. The number of rotatable bonds is 5. The topological polar surface area (TPSA) is 115 Å². The molecular weight excluding hydrogens is 342 g/mol. The minimum atomic E-state index is -0.523. The first-order valence-electron chi connectivity index (χ1n) is 7.93. The molecule has 3 rings (SSSR count). The van der Waals surface area contributed by atoms with E-state index in [0.29, 0.717) is 16.1 Å². The Labute approximate surface area is 148 Å². The summed E-state index contributed by atoms with van der Waals surface area (Å²) in [6.45, 7) is 0. The molecule has 2 amide bonds. The van der Waals surface area contributed by atoms with Gasteiger partial charge in [-0.15, -0.1) is 11.3 Å². The molecule has 1 heterocycles. The van der Waals surface area contributed by atoms with Gasteiger partial charge >= 0.3 is 0 Å². The number of nitrogens with zero attached hydrogens (tertiary/aromatic N) is 1. The van der Waals surface area contributed by atoms with Gasteiger partial charge in [0, 0.05) is 17.0 Å². The molecule has 0 radical (unpaired) electrons. The summed E-state index contributed by atoms with van der Waals surface area (Å²) in [6.07, 6.45) is 3.86. The monoisotopic (exact) mass is 359 g/mol. The van der Waals surface area contributed by atoms with E-state index in [0.717, 1.165) is 36.1 Å². The molecule has 3 N–H and O–H groups in total. The summed E-state index contributed by atoms with van der Waals surface area (Å²) in [7, 11) is 0. The van der Waals surface area contributed by atoms with E-state index < -0.39 is 10.8 Å². The van der Waals surface area contributed by atoms with Crippen LogP contribution in [0.3, 0.4) is 0 Å². The Kier molecular flexibility index (Phi) is 4.80. The number of aryl methyl sites for hydroxylation is 1. The van der Waals surface area contributed by atoms with E-state index in [-0.39, 0.29) is 18.0 Å². The Morgan fingerprint density at radius 2 is 1.88 bits per heavy atom. The summed E-state index contributed by atoms with van der Waals surface area (Å²) >= 11 is 1.41. The van der Waals surface area contributed by atoms with Crippen molar-refractivity contribution in [1.82, 2.24) is 0 Å². The number of nitrogens with one attached hydrogen (secondary N) is 1. The first-order valence-corrected chi connectivity index (χ1v) is 8.75. The van der Waals surface area contributed by atoms with Gasteiger partial charge < -0.3 is 11.1 Å². The summed E-state index contributed by atoms with van der Waals surface area (Å²) in [5.41, 5.74) is 7.54. The zero-order chi connectivity index (χ0) is 18.0. The maximum atomic E-state index is 12.3. The lowest BCUT2D eigenvalue weighted by molar-refractivity contribution is -0.384. The predicted octanol–water partition coefficient (Wildman–Crippen LogP) is 2.82. The lowest BCUT2D eigenvalue weighted by atomic mass is 9.95. The first kappa shape index (κ1) is 17.1. The van der Waals surface area contributed by atoms with Crippen molar-refractivity contribution < 1.29 is 14.5 Å². The molecule has 0 aliphatic heterocycles. The summed E-state index contributed by atoms with van der Waals surface area (Å²) in [5.74, 6) is -0.806. The Morgan fingerprint density at radius 1 is 1.20 bits per heavy atom. The van der Waals surface area contributed by atoms with Gasteiger partial charge in [0.1, 0.15) is 5.00 Å². The molecule has 1 aliphatic rings. The summed E-state index contributed by atoms with van der Waals surface area (Å²) in [5, 5.41) is 13.9. The van der Waals surface area contributed by atoms with Crippen LogP contribution >= 0.6 is 11.3 Å². The van der Waals surface area contributed by atoms with Crippen LogP contribution in [0.25, 0.3) is 0 Å². The Balaban J connectivity index is 1.75. The van der Waals surface area contributed by atoms with Gasteiger partial charge in [-0.3, -0.25) is 19.7 Å². The number of amides is 2. The highest BCUT2D eigenvalue weighted by Gasteiger charge is 2.24. The lowest BCUT2D eigenvalue weighted by Gasteiger charge is -2.11. The Bertz CT molecular complexity index is 842. The number of fused-ring (bicyclic) bond motifs is 1. The molecule has 2 aromatic rings. The number of carbonyl (C=O) groups excluding carboxylic acids is 2. The molecule has 0 atom stereocenters. The number of anilines is 1. The maximum absolute atomic E-state index is 12.3. The van der Waals surface area contributed by atoms with E-state index >= 15 is 0 Å². The van der Waals surface area contributed by atoms with Crippen LogP contribution in [0.1, 0.15) is 39.2 Å². The third-order valence-electron chi connectivity index (χ3n) is 4.18. The number of thiophene rings is 1. The van der Waals surface area contributed by atoms with Crippen LogP contribution in [0.2, 0.25) is 0 Å². The fourth-order valence-corrected chi connectivity index (χ4v) is 4.32. The molecule has 0 saturated carbocycles. The molecule has 0 bridgehead atoms. The van der Waals surface area contributed by atoms with Gasteiger partial charge in [0.2, 0.25) is 5.91 Å². The molecule has 0 saturated heterocycles. The fourth-order valence-electron chi connectivity index (χ4n) is 3.01. The second-order valence-corrected chi connectivity index (χ2v) is 7.03. The maximum Gasteiger partial charge on any atom is 0.269 e. The van der Waals surface area contributed by atoms with Gasteiger partial charge in [-0.1, -0.05) is 12.1 Å². The number of nitrogens with two attached hydrogens (primary N) is 1. The molecule has 25 heavy (non-hydrogen) atoms. The van der Waals surface area contributed by atoms with E-state index in [4.69, 9.17) is 5.73 Å². The van der Waals surface area contributed by atoms with E-state index in [2.05, 4.69) is 5.32 Å². The number of nitro groups is 1. The molecule has 1 aliphatic carbocycles. The second-order valence-electron chi connectivity index (χ2n) is 5.93. The minimum Gasteiger partial charge on any atom is -0.365 e. The molecule has 1 aromatic heterocycles. The highest BCUT2D eigenvalue weighted by molar-refractivity contribution is 7.17. The van der Waals surface area contributed by atoms with Crippen molar-refractivity contribution in [3.8, 4) is 0 Å². The van der Waals surface area contributed by atoms with Crippen molar-refractivity contribution in [2.75, 3.05) is 5.32 Å². The van der Waals surface area contributed by atoms with Crippen LogP contribution in [0.5, 0.6) is 0 Å². The smallest absolute Gasteiger partial charge is 0.269 e. The zero-order valence-corrected chi connectivity index (χ0v) is 14.2. The first-order chi connectivity index (χ1) is 12.0. The largest absolute Gasteiger partial charge is 0.365 e. The Hall–Kier alpha value is -2.74. The molecule has 1 aromatic carbocycles. The van der Waals surface area contributed by atoms with Crippen LogP contribution < -0.4 is 11.1 Å². The number of hydrogen-bond acceptors (Lipinski definition) is 5. The third kappa shape index (κ3) is 3.69. The second kappa shape index (κ2) is 7.02. The van der Waals surface area contributed by atoms with Crippen molar-refractivity contribution in [2.24, 2.45) is 5.73 Å². The summed E-state index contributed by atoms with van der Waals surface area (Å²) in [6, 6.07) is 5.82. The van der Waals surface area contributed by atoms with Crippen LogP contribution in [-0.2, 0) is 24.1 Å². The van der Waals surface area contributed by atoms with Crippen LogP contribution in [-0.4, -0.2) is 16.7 Å². The molecule has 130 valence electrons. The minimum absolute atomic E-state index is 0.0221. The average Bonchev–Trinajstić information content (AvgIpc) is 2.92. The highest BCUT2D eigenvalue weighted by atomic mass is 32.1. The fraction of sp³-hybridized carbons (Fsp3) is 0.294. The lowest BCUT2D eigenvalue weighted by Crippen LogP contribution is -2.19.